The van der Waals surface area contributed by atoms with Gasteiger partial charge in [-0.3, -0.25) is 9.59 Å². The third kappa shape index (κ3) is 6.19. The number of unbranched alkanes of at least 4 members (excludes halogenated alkanes) is 1. The van der Waals surface area contributed by atoms with Gasteiger partial charge in [0.05, 0.1) is 22.8 Å². The van der Waals surface area contributed by atoms with Crippen LogP contribution in [0.1, 0.15) is 65.5 Å². The van der Waals surface area contributed by atoms with Crippen molar-refractivity contribution in [3.8, 4) is 11.3 Å². The number of fused-ring (bicyclic) bond motifs is 1. The summed E-state index contributed by atoms with van der Waals surface area (Å²) in [6, 6.07) is 12.2. The van der Waals surface area contributed by atoms with Crippen LogP contribution >= 0.6 is 0 Å². The molecular formula is C30H38N6O2. The van der Waals surface area contributed by atoms with Crippen LogP contribution in [-0.2, 0) is 13.0 Å². The zero-order valence-electron chi connectivity index (χ0n) is 23.3. The van der Waals surface area contributed by atoms with Crippen LogP contribution in [-0.4, -0.2) is 51.2 Å². The van der Waals surface area contributed by atoms with E-state index in [4.69, 9.17) is 4.98 Å². The number of amides is 1. The third-order valence-corrected chi connectivity index (χ3v) is 6.79. The lowest BCUT2D eigenvalue weighted by Crippen LogP contribution is -2.28. The van der Waals surface area contributed by atoms with Gasteiger partial charge in [0.2, 0.25) is 0 Å². The predicted molar refractivity (Wildman–Crippen MR) is 153 cm³/mol. The Bertz CT molecular complexity index is 1480. The number of pyridine rings is 2. The number of carbonyl (C=O) groups is 1. The summed E-state index contributed by atoms with van der Waals surface area (Å²) in [6.07, 6.45) is 5.04. The van der Waals surface area contributed by atoms with Crippen LogP contribution in [0.15, 0.2) is 47.4 Å². The summed E-state index contributed by atoms with van der Waals surface area (Å²) >= 11 is 0. The molecule has 3 heterocycles. The fourth-order valence-electron chi connectivity index (χ4n) is 4.70. The number of hydrogen-bond donors (Lipinski definition) is 2. The Morgan fingerprint density at radius 3 is 2.50 bits per heavy atom. The molecule has 0 aliphatic heterocycles. The van der Waals surface area contributed by atoms with Gasteiger partial charge in [0.1, 0.15) is 0 Å². The smallest absolute Gasteiger partial charge is 0.253 e. The van der Waals surface area contributed by atoms with Crippen molar-refractivity contribution >= 4 is 16.9 Å². The molecule has 8 nitrogen and oxygen atoms in total. The first kappa shape index (κ1) is 27.3. The van der Waals surface area contributed by atoms with E-state index < -0.39 is 0 Å². The van der Waals surface area contributed by atoms with Gasteiger partial charge in [-0.1, -0.05) is 24.3 Å². The first-order valence-electron chi connectivity index (χ1n) is 13.2. The van der Waals surface area contributed by atoms with Crippen molar-refractivity contribution < 1.29 is 4.79 Å². The van der Waals surface area contributed by atoms with Gasteiger partial charge in [-0.05, 0) is 90.9 Å². The Balaban J connectivity index is 1.62. The Morgan fingerprint density at radius 1 is 1.11 bits per heavy atom. The molecule has 0 atom stereocenters. The van der Waals surface area contributed by atoms with Crippen LogP contribution in [0.5, 0.6) is 0 Å². The monoisotopic (exact) mass is 514 g/mol. The highest BCUT2D eigenvalue weighted by Gasteiger charge is 2.19. The number of benzene rings is 1. The topological polar surface area (TPSA) is 95.9 Å². The molecule has 0 saturated heterocycles. The maximum atomic E-state index is 13.4. The van der Waals surface area contributed by atoms with Crippen LogP contribution in [0.2, 0.25) is 0 Å². The predicted octanol–water partition coefficient (Wildman–Crippen LogP) is 4.80. The molecule has 0 spiro atoms. The lowest BCUT2D eigenvalue weighted by Gasteiger charge is -2.12. The first-order valence-corrected chi connectivity index (χ1v) is 13.2. The second-order valence-corrected chi connectivity index (χ2v) is 10.6. The Kier molecular flexibility index (Phi) is 8.42. The molecule has 0 unspecified atom stereocenters. The summed E-state index contributed by atoms with van der Waals surface area (Å²) in [7, 11) is 4.20. The van der Waals surface area contributed by atoms with E-state index in [0.717, 1.165) is 36.2 Å². The largest absolute Gasteiger partial charge is 0.348 e. The van der Waals surface area contributed by atoms with Gasteiger partial charge in [0.25, 0.3) is 11.5 Å². The Labute approximate surface area is 224 Å². The maximum absolute atomic E-state index is 13.4. The summed E-state index contributed by atoms with van der Waals surface area (Å²) in [5.41, 5.74) is 6.12. The average molecular weight is 515 g/mol. The summed E-state index contributed by atoms with van der Waals surface area (Å²) in [4.78, 5) is 35.8. The average Bonchev–Trinajstić information content (AvgIpc) is 3.30. The van der Waals surface area contributed by atoms with Crippen LogP contribution in [0, 0.1) is 13.8 Å². The normalized spacial score (nSPS) is 11.6. The van der Waals surface area contributed by atoms with Gasteiger partial charge in [0, 0.05) is 29.4 Å². The molecule has 0 aliphatic rings. The number of carbonyl (C=O) groups excluding carboxylic acids is 1. The van der Waals surface area contributed by atoms with Crippen LogP contribution in [0.4, 0.5) is 0 Å². The molecule has 0 bridgehead atoms. The van der Waals surface area contributed by atoms with Crippen molar-refractivity contribution in [2.24, 2.45) is 0 Å². The molecule has 0 fully saturated rings. The number of aromatic amines is 1. The molecule has 1 amide bonds. The van der Waals surface area contributed by atoms with E-state index in [1.54, 1.807) is 6.20 Å². The standard InChI is InChI=1S/C30H38N6O2/c1-19(2)36-28-26(18-32-36)24(29(37)31-17-25-20(3)15-21(4)33-30(25)38)16-27(34-28)23-12-10-22(11-13-23)9-7-8-14-35(5)6/h10-13,15-16,18-19H,7-9,14,17H2,1-6H3,(H,31,37)(H,33,38). The van der Waals surface area contributed by atoms with Crippen molar-refractivity contribution in [1.29, 1.82) is 0 Å². The summed E-state index contributed by atoms with van der Waals surface area (Å²) in [5, 5.41) is 8.14. The molecule has 8 heteroatoms. The fourth-order valence-corrected chi connectivity index (χ4v) is 4.70. The minimum Gasteiger partial charge on any atom is -0.348 e. The van der Waals surface area contributed by atoms with Gasteiger partial charge in [0.15, 0.2) is 5.65 Å². The van der Waals surface area contributed by atoms with E-state index in [-0.39, 0.29) is 24.1 Å². The minimum absolute atomic E-state index is 0.0875. The maximum Gasteiger partial charge on any atom is 0.253 e. The fraction of sp³-hybridized carbons (Fsp3) is 0.400. The molecule has 3 aromatic heterocycles. The second-order valence-electron chi connectivity index (χ2n) is 10.6. The van der Waals surface area contributed by atoms with E-state index in [0.29, 0.717) is 27.9 Å². The number of aryl methyl sites for hydroxylation is 3. The summed E-state index contributed by atoms with van der Waals surface area (Å²) in [5.74, 6) is -0.265. The number of aromatic nitrogens is 4. The Hall–Kier alpha value is -3.78. The number of H-pyrrole nitrogens is 1. The zero-order chi connectivity index (χ0) is 27.4. The quantitative estimate of drug-likeness (QED) is 0.297. The van der Waals surface area contributed by atoms with E-state index in [1.165, 1.54) is 12.0 Å². The van der Waals surface area contributed by atoms with Crippen molar-refractivity contribution in [2.75, 3.05) is 20.6 Å². The second kappa shape index (κ2) is 11.7. The highest BCUT2D eigenvalue weighted by atomic mass is 16.1. The van der Waals surface area contributed by atoms with Crippen molar-refractivity contribution in [3.05, 3.63) is 80.9 Å². The van der Waals surface area contributed by atoms with Crippen molar-refractivity contribution in [1.82, 2.24) is 30.0 Å². The molecule has 4 rings (SSSR count). The molecule has 4 aromatic rings. The van der Waals surface area contributed by atoms with E-state index >= 15 is 0 Å². The van der Waals surface area contributed by atoms with Crippen LogP contribution < -0.4 is 10.9 Å². The molecule has 0 saturated carbocycles. The molecule has 38 heavy (non-hydrogen) atoms. The van der Waals surface area contributed by atoms with Gasteiger partial charge in [-0.15, -0.1) is 0 Å². The zero-order valence-corrected chi connectivity index (χ0v) is 23.3. The third-order valence-electron chi connectivity index (χ3n) is 6.79. The first-order chi connectivity index (χ1) is 18.1. The molecule has 2 N–H and O–H groups in total. The van der Waals surface area contributed by atoms with Crippen molar-refractivity contribution in [2.45, 2.75) is 59.5 Å². The number of nitrogens with one attached hydrogen (secondary N) is 2. The van der Waals surface area contributed by atoms with Gasteiger partial charge < -0.3 is 15.2 Å². The molecule has 0 aliphatic carbocycles. The summed E-state index contributed by atoms with van der Waals surface area (Å²) < 4.78 is 1.84. The highest BCUT2D eigenvalue weighted by molar-refractivity contribution is 6.06. The molecule has 1 aromatic carbocycles. The van der Waals surface area contributed by atoms with Crippen LogP contribution in [0.3, 0.4) is 0 Å². The van der Waals surface area contributed by atoms with Crippen LogP contribution in [0.25, 0.3) is 22.3 Å². The lowest BCUT2D eigenvalue weighted by molar-refractivity contribution is 0.0952. The van der Waals surface area contributed by atoms with Gasteiger partial charge in [-0.2, -0.15) is 5.10 Å². The van der Waals surface area contributed by atoms with E-state index in [9.17, 15) is 9.59 Å². The summed E-state index contributed by atoms with van der Waals surface area (Å²) in [6.45, 7) is 9.03. The number of hydrogen-bond acceptors (Lipinski definition) is 5. The Morgan fingerprint density at radius 2 is 1.84 bits per heavy atom. The van der Waals surface area contributed by atoms with Crippen molar-refractivity contribution in [3.63, 3.8) is 0 Å². The number of rotatable bonds is 10. The molecular weight excluding hydrogens is 476 g/mol. The van der Waals surface area contributed by atoms with Gasteiger partial charge >= 0.3 is 0 Å². The minimum atomic E-state index is -0.265. The highest BCUT2D eigenvalue weighted by Crippen LogP contribution is 2.27. The number of nitrogens with zero attached hydrogens (tertiary/aromatic N) is 4. The molecule has 200 valence electrons. The molecule has 0 radical (unpaired) electrons. The lowest BCUT2D eigenvalue weighted by atomic mass is 10.0. The van der Waals surface area contributed by atoms with Gasteiger partial charge in [-0.25, -0.2) is 9.67 Å². The van der Waals surface area contributed by atoms with E-state index in [1.807, 2.05) is 44.5 Å². The van der Waals surface area contributed by atoms with E-state index in [2.05, 4.69) is 58.7 Å². The SMILES string of the molecule is Cc1cc(C)c(CNC(=O)c2cc(-c3ccc(CCCCN(C)C)cc3)nc3c2cnn3C(C)C)c(=O)[nH]1.